The summed E-state index contributed by atoms with van der Waals surface area (Å²) in [6, 6.07) is 2.06. The number of benzene rings is 1. The standard InChI is InChI=1S/C12H10ClF3N2O2/c13-8-2-1-7(12(14,15)16)6-3-5(18-10(6)8)4-9(17)11(19)20/h1-3,9,18H,4,17H2,(H,19,20). The number of aromatic nitrogens is 1. The average Bonchev–Trinajstić information content (AvgIpc) is 2.71. The molecule has 2 rings (SSSR count). The van der Waals surface area contributed by atoms with Gasteiger partial charge in [-0.25, -0.2) is 0 Å². The number of carboxylic acids is 1. The van der Waals surface area contributed by atoms with Crippen molar-refractivity contribution in [2.75, 3.05) is 0 Å². The van der Waals surface area contributed by atoms with Crippen molar-refractivity contribution in [3.63, 3.8) is 0 Å². The normalized spacial score (nSPS) is 13.7. The van der Waals surface area contributed by atoms with Crippen LogP contribution >= 0.6 is 11.6 Å². The van der Waals surface area contributed by atoms with Crippen LogP contribution in [0.5, 0.6) is 0 Å². The number of hydrogen-bond donors (Lipinski definition) is 3. The van der Waals surface area contributed by atoms with E-state index in [0.717, 1.165) is 12.1 Å². The maximum Gasteiger partial charge on any atom is 0.417 e. The van der Waals surface area contributed by atoms with Gasteiger partial charge < -0.3 is 15.8 Å². The first-order valence-electron chi connectivity index (χ1n) is 5.56. The molecule has 1 unspecified atom stereocenters. The number of H-pyrrole nitrogens is 1. The summed E-state index contributed by atoms with van der Waals surface area (Å²) in [5.74, 6) is -1.23. The molecule has 1 atom stereocenters. The van der Waals surface area contributed by atoms with E-state index < -0.39 is 23.8 Å². The zero-order valence-electron chi connectivity index (χ0n) is 9.96. The molecule has 0 aliphatic heterocycles. The van der Waals surface area contributed by atoms with Gasteiger partial charge in [-0.15, -0.1) is 0 Å². The molecular weight excluding hydrogens is 297 g/mol. The summed E-state index contributed by atoms with van der Waals surface area (Å²) in [7, 11) is 0. The molecule has 0 spiro atoms. The minimum absolute atomic E-state index is 0.0995. The quantitative estimate of drug-likeness (QED) is 0.816. The number of carbonyl (C=O) groups is 1. The van der Waals surface area contributed by atoms with Gasteiger partial charge >= 0.3 is 12.1 Å². The van der Waals surface area contributed by atoms with Crippen LogP contribution in [0.1, 0.15) is 11.3 Å². The Bertz CT molecular complexity index is 667. The topological polar surface area (TPSA) is 79.1 Å². The van der Waals surface area contributed by atoms with Gasteiger partial charge in [-0.3, -0.25) is 4.79 Å². The molecule has 1 aromatic heterocycles. The highest BCUT2D eigenvalue weighted by Gasteiger charge is 2.33. The maximum absolute atomic E-state index is 12.9. The van der Waals surface area contributed by atoms with Crippen LogP contribution in [0.25, 0.3) is 10.9 Å². The summed E-state index contributed by atoms with van der Waals surface area (Å²) in [4.78, 5) is 13.4. The van der Waals surface area contributed by atoms with Crippen molar-refractivity contribution in [2.24, 2.45) is 5.73 Å². The lowest BCUT2D eigenvalue weighted by atomic mass is 10.1. The lowest BCUT2D eigenvalue weighted by molar-refractivity contribution is -0.138. The molecule has 0 amide bonds. The Morgan fingerprint density at radius 1 is 1.45 bits per heavy atom. The predicted octanol–water partition coefficient (Wildman–Crippen LogP) is 2.79. The number of nitrogens with one attached hydrogen (secondary N) is 1. The third-order valence-corrected chi connectivity index (χ3v) is 3.18. The zero-order chi connectivity index (χ0) is 15.1. The van der Waals surface area contributed by atoms with Gasteiger partial charge in [-0.2, -0.15) is 13.2 Å². The lowest BCUT2D eigenvalue weighted by Gasteiger charge is -2.08. The SMILES string of the molecule is NC(Cc1cc2c(C(F)(F)F)ccc(Cl)c2[nH]1)C(=O)O. The van der Waals surface area contributed by atoms with Crippen molar-refractivity contribution in [3.05, 3.63) is 34.5 Å². The van der Waals surface area contributed by atoms with Gasteiger partial charge in [0.05, 0.1) is 16.1 Å². The number of aromatic amines is 1. The van der Waals surface area contributed by atoms with Crippen LogP contribution in [0.2, 0.25) is 5.02 Å². The van der Waals surface area contributed by atoms with Crippen LogP contribution in [-0.4, -0.2) is 22.1 Å². The molecule has 1 heterocycles. The molecule has 0 radical (unpaired) electrons. The highest BCUT2D eigenvalue weighted by molar-refractivity contribution is 6.35. The Hall–Kier alpha value is -1.73. The zero-order valence-corrected chi connectivity index (χ0v) is 10.7. The van der Waals surface area contributed by atoms with Crippen LogP contribution < -0.4 is 5.73 Å². The molecule has 4 nitrogen and oxygen atoms in total. The molecular formula is C12H10ClF3N2O2. The number of fused-ring (bicyclic) bond motifs is 1. The fourth-order valence-corrected chi connectivity index (χ4v) is 2.13. The van der Waals surface area contributed by atoms with Gasteiger partial charge in [-0.1, -0.05) is 11.6 Å². The van der Waals surface area contributed by atoms with E-state index in [-0.39, 0.29) is 28.0 Å². The fourth-order valence-electron chi connectivity index (χ4n) is 1.92. The largest absolute Gasteiger partial charge is 0.480 e. The highest BCUT2D eigenvalue weighted by atomic mass is 35.5. The summed E-state index contributed by atoms with van der Waals surface area (Å²) in [5.41, 5.74) is 4.93. The summed E-state index contributed by atoms with van der Waals surface area (Å²) >= 11 is 5.85. The molecule has 0 saturated carbocycles. The second kappa shape index (κ2) is 4.99. The molecule has 0 aliphatic carbocycles. The van der Waals surface area contributed by atoms with Gasteiger partial charge in [0.25, 0.3) is 0 Å². The number of nitrogens with two attached hydrogens (primary N) is 1. The molecule has 8 heteroatoms. The van der Waals surface area contributed by atoms with E-state index >= 15 is 0 Å². The smallest absolute Gasteiger partial charge is 0.417 e. The number of hydrogen-bond acceptors (Lipinski definition) is 2. The number of halogens is 4. The second-order valence-electron chi connectivity index (χ2n) is 4.32. The first-order valence-corrected chi connectivity index (χ1v) is 5.93. The van der Waals surface area contributed by atoms with Crippen molar-refractivity contribution < 1.29 is 23.1 Å². The first kappa shape index (κ1) is 14.7. The third-order valence-electron chi connectivity index (χ3n) is 2.86. The molecule has 108 valence electrons. The molecule has 2 aromatic rings. The van der Waals surface area contributed by atoms with E-state index in [9.17, 15) is 18.0 Å². The number of rotatable bonds is 3. The van der Waals surface area contributed by atoms with E-state index in [1.54, 1.807) is 0 Å². The summed E-state index contributed by atoms with van der Waals surface area (Å²) in [5, 5.41) is 8.74. The molecule has 1 aromatic carbocycles. The summed E-state index contributed by atoms with van der Waals surface area (Å²) in [6.45, 7) is 0. The lowest BCUT2D eigenvalue weighted by Crippen LogP contribution is -2.32. The Balaban J connectivity index is 2.52. The maximum atomic E-state index is 12.9. The second-order valence-corrected chi connectivity index (χ2v) is 4.73. The van der Waals surface area contributed by atoms with Crippen LogP contribution in [-0.2, 0) is 17.4 Å². The Morgan fingerprint density at radius 3 is 2.65 bits per heavy atom. The van der Waals surface area contributed by atoms with Crippen molar-refractivity contribution in [1.82, 2.24) is 4.98 Å². The van der Waals surface area contributed by atoms with Crippen molar-refractivity contribution in [3.8, 4) is 0 Å². The molecule has 0 bridgehead atoms. The van der Waals surface area contributed by atoms with Crippen LogP contribution in [0.15, 0.2) is 18.2 Å². The Labute approximate surface area is 116 Å². The van der Waals surface area contributed by atoms with Crippen LogP contribution in [0, 0.1) is 0 Å². The minimum Gasteiger partial charge on any atom is -0.480 e. The van der Waals surface area contributed by atoms with Crippen LogP contribution in [0.4, 0.5) is 13.2 Å². The summed E-state index contributed by atoms with van der Waals surface area (Å²) < 4.78 is 38.6. The fraction of sp³-hybridized carbons (Fsp3) is 0.250. The van der Waals surface area contributed by atoms with Gasteiger partial charge in [0.2, 0.25) is 0 Å². The molecule has 0 saturated heterocycles. The average molecular weight is 307 g/mol. The summed E-state index contributed by atoms with van der Waals surface area (Å²) in [6.07, 6.45) is -4.63. The van der Waals surface area contributed by atoms with Gasteiger partial charge in [-0.05, 0) is 18.2 Å². The van der Waals surface area contributed by atoms with Crippen LogP contribution in [0.3, 0.4) is 0 Å². The van der Waals surface area contributed by atoms with E-state index in [1.807, 2.05) is 0 Å². The van der Waals surface area contributed by atoms with Gasteiger partial charge in [0, 0.05) is 17.5 Å². The van der Waals surface area contributed by atoms with E-state index in [0.29, 0.717) is 0 Å². The number of aliphatic carboxylic acids is 1. The van der Waals surface area contributed by atoms with E-state index in [4.69, 9.17) is 22.4 Å². The Kier molecular flexibility index (Phi) is 3.66. The molecule has 20 heavy (non-hydrogen) atoms. The van der Waals surface area contributed by atoms with Crippen molar-refractivity contribution in [1.29, 1.82) is 0 Å². The third kappa shape index (κ3) is 2.73. The van der Waals surface area contributed by atoms with Crippen molar-refractivity contribution >= 4 is 28.5 Å². The van der Waals surface area contributed by atoms with Gasteiger partial charge in [0.1, 0.15) is 6.04 Å². The number of alkyl halides is 3. The molecule has 4 N–H and O–H groups in total. The first-order chi connectivity index (χ1) is 9.20. The van der Waals surface area contributed by atoms with Crippen molar-refractivity contribution in [2.45, 2.75) is 18.6 Å². The monoisotopic (exact) mass is 306 g/mol. The molecule has 0 aliphatic rings. The minimum atomic E-state index is -4.52. The number of carboxylic acid groups (broad SMARTS) is 1. The highest BCUT2D eigenvalue weighted by Crippen LogP contribution is 2.37. The molecule has 0 fully saturated rings. The van der Waals surface area contributed by atoms with E-state index in [2.05, 4.69) is 4.98 Å². The predicted molar refractivity (Wildman–Crippen MR) is 67.6 cm³/mol. The Morgan fingerprint density at radius 2 is 2.10 bits per heavy atom. The van der Waals surface area contributed by atoms with E-state index in [1.165, 1.54) is 6.07 Å². The van der Waals surface area contributed by atoms with Gasteiger partial charge in [0.15, 0.2) is 0 Å².